The van der Waals surface area contributed by atoms with Crippen LogP contribution in [0.2, 0.25) is 0 Å². The predicted octanol–water partition coefficient (Wildman–Crippen LogP) is 1.54. The van der Waals surface area contributed by atoms with Gasteiger partial charge in [-0.1, -0.05) is 72.3 Å². The van der Waals surface area contributed by atoms with E-state index in [0.717, 1.165) is 16.8 Å². The van der Waals surface area contributed by atoms with E-state index in [0.29, 0.717) is 19.6 Å². The van der Waals surface area contributed by atoms with Crippen molar-refractivity contribution in [3.8, 4) is 22.4 Å². The molecular formula is C27H30ClN2O2-. The maximum absolute atomic E-state index is 10.8. The highest BCUT2D eigenvalue weighted by Gasteiger charge is 2.23. The third kappa shape index (κ3) is 4.89. The van der Waals surface area contributed by atoms with Crippen molar-refractivity contribution in [1.82, 2.24) is 9.88 Å². The summed E-state index contributed by atoms with van der Waals surface area (Å²) in [6, 6.07) is 25.4. The van der Waals surface area contributed by atoms with Crippen molar-refractivity contribution < 1.29 is 22.6 Å². The largest absolute Gasteiger partial charge is 1.00 e. The Hall–Kier alpha value is -2.63. The van der Waals surface area contributed by atoms with E-state index in [2.05, 4.69) is 84.4 Å². The molecule has 4 nitrogen and oxygen atoms in total. The first-order valence-corrected chi connectivity index (χ1v) is 10.8. The molecule has 0 aliphatic rings. The minimum Gasteiger partial charge on any atom is -1.00 e. The third-order valence-electron chi connectivity index (χ3n) is 5.66. The minimum absolute atomic E-state index is 0. The number of aromatic nitrogens is 1. The van der Waals surface area contributed by atoms with E-state index in [4.69, 9.17) is 5.11 Å². The van der Waals surface area contributed by atoms with Crippen LogP contribution >= 0.6 is 0 Å². The number of fused-ring (bicyclic) bond motifs is 1. The number of nitrogens with one attached hydrogen (secondary N) is 1. The van der Waals surface area contributed by atoms with Gasteiger partial charge in [-0.15, -0.1) is 0 Å². The molecular weight excluding hydrogens is 420 g/mol. The molecule has 4 rings (SSSR count). The van der Waals surface area contributed by atoms with Crippen LogP contribution in [0.4, 0.5) is 0 Å². The lowest BCUT2D eigenvalue weighted by Crippen LogP contribution is -3.00. The van der Waals surface area contributed by atoms with Gasteiger partial charge < -0.3 is 32.5 Å². The van der Waals surface area contributed by atoms with Gasteiger partial charge >= 0.3 is 0 Å². The number of rotatable bonds is 8. The van der Waals surface area contributed by atoms with Gasteiger partial charge in [-0.2, -0.15) is 0 Å². The highest BCUT2D eigenvalue weighted by atomic mass is 35.5. The first-order valence-electron chi connectivity index (χ1n) is 10.8. The molecule has 4 aromatic rings. The fourth-order valence-electron chi connectivity index (χ4n) is 4.48. The smallest absolute Gasteiger partial charge is 0.0843 e. The molecule has 0 radical (unpaired) electrons. The van der Waals surface area contributed by atoms with E-state index in [1.165, 1.54) is 27.6 Å². The average molecular weight is 450 g/mol. The van der Waals surface area contributed by atoms with Gasteiger partial charge in [0.05, 0.1) is 30.5 Å². The Morgan fingerprint density at radius 2 is 1.53 bits per heavy atom. The van der Waals surface area contributed by atoms with E-state index in [1.54, 1.807) is 0 Å². The van der Waals surface area contributed by atoms with Gasteiger partial charge in [-0.3, -0.25) is 0 Å². The Bertz CT molecular complexity index is 1160. The summed E-state index contributed by atoms with van der Waals surface area (Å²) in [5, 5.41) is 24.2. The van der Waals surface area contributed by atoms with E-state index in [1.807, 2.05) is 12.1 Å². The molecule has 32 heavy (non-hydrogen) atoms. The monoisotopic (exact) mass is 449 g/mol. The lowest BCUT2D eigenvalue weighted by Gasteiger charge is -2.18. The second-order valence-electron chi connectivity index (χ2n) is 8.13. The van der Waals surface area contributed by atoms with Crippen LogP contribution < -0.4 is 17.7 Å². The summed E-state index contributed by atoms with van der Waals surface area (Å²) >= 11 is 0. The van der Waals surface area contributed by atoms with Gasteiger partial charge in [0.15, 0.2) is 0 Å². The van der Waals surface area contributed by atoms with Crippen molar-refractivity contribution in [2.24, 2.45) is 0 Å². The third-order valence-corrected chi connectivity index (χ3v) is 5.66. The molecule has 0 fully saturated rings. The molecule has 0 aliphatic carbocycles. The molecule has 0 bridgehead atoms. The maximum atomic E-state index is 10.8. The van der Waals surface area contributed by atoms with Crippen molar-refractivity contribution in [2.75, 3.05) is 19.7 Å². The lowest BCUT2D eigenvalue weighted by molar-refractivity contribution is -0.00000961. The fourth-order valence-corrected chi connectivity index (χ4v) is 4.48. The number of benzene rings is 3. The quantitative estimate of drug-likeness (QED) is 0.358. The van der Waals surface area contributed by atoms with E-state index >= 15 is 0 Å². The molecule has 3 N–H and O–H groups in total. The standard InChI is InChI=1S/C27H30N2O2.ClH/c1-19-15-20(2)26-24(16-19)25(21-9-5-3-6-10-21)27(22-11-7-4-8-12-22)29(26)18-23(31)17-28-13-14-30;/h3-12,15-16,23,28,30-31H,13-14,17-18H2,1-2H3;1H/p-1. The summed E-state index contributed by atoms with van der Waals surface area (Å²) < 4.78 is 2.27. The Morgan fingerprint density at radius 3 is 2.16 bits per heavy atom. The van der Waals surface area contributed by atoms with Crippen molar-refractivity contribution in [3.63, 3.8) is 0 Å². The number of aryl methyl sites for hydroxylation is 2. The predicted molar refractivity (Wildman–Crippen MR) is 128 cm³/mol. The van der Waals surface area contributed by atoms with Crippen LogP contribution in [0.1, 0.15) is 11.1 Å². The molecule has 1 atom stereocenters. The number of halogens is 1. The highest BCUT2D eigenvalue weighted by molar-refractivity contribution is 6.06. The summed E-state index contributed by atoms with van der Waals surface area (Å²) in [5.74, 6) is 0. The number of hydrogen-bond donors (Lipinski definition) is 3. The van der Waals surface area contributed by atoms with Crippen LogP contribution in [0.5, 0.6) is 0 Å². The Balaban J connectivity index is 0.00000289. The van der Waals surface area contributed by atoms with E-state index in [9.17, 15) is 5.11 Å². The molecule has 1 unspecified atom stereocenters. The van der Waals surface area contributed by atoms with E-state index < -0.39 is 6.10 Å². The molecule has 5 heteroatoms. The van der Waals surface area contributed by atoms with Crippen LogP contribution in [-0.2, 0) is 6.54 Å². The van der Waals surface area contributed by atoms with Crippen LogP contribution in [0, 0.1) is 13.8 Å². The SMILES string of the molecule is Cc1cc(C)c2c(c1)c(-c1ccccc1)c(-c1ccccc1)n2CC(O)CNCCO.[Cl-]. The zero-order valence-corrected chi connectivity index (χ0v) is 19.3. The number of nitrogens with zero attached hydrogens (tertiary/aromatic N) is 1. The van der Waals surface area contributed by atoms with Crippen molar-refractivity contribution >= 4 is 10.9 Å². The molecule has 0 spiro atoms. The zero-order chi connectivity index (χ0) is 21.8. The van der Waals surface area contributed by atoms with Crippen LogP contribution in [0.25, 0.3) is 33.3 Å². The topological polar surface area (TPSA) is 57.4 Å². The highest BCUT2D eigenvalue weighted by Crippen LogP contribution is 2.42. The second-order valence-corrected chi connectivity index (χ2v) is 8.13. The number of hydrogen-bond acceptors (Lipinski definition) is 3. The number of aliphatic hydroxyl groups is 2. The minimum atomic E-state index is -0.575. The summed E-state index contributed by atoms with van der Waals surface area (Å²) in [7, 11) is 0. The van der Waals surface area contributed by atoms with Crippen molar-refractivity contribution in [2.45, 2.75) is 26.5 Å². The van der Waals surface area contributed by atoms with Gasteiger partial charge in [0.2, 0.25) is 0 Å². The molecule has 0 saturated heterocycles. The first-order chi connectivity index (χ1) is 15.1. The van der Waals surface area contributed by atoms with Crippen LogP contribution in [-0.4, -0.2) is 40.6 Å². The second kappa shape index (κ2) is 10.8. The van der Waals surface area contributed by atoms with E-state index in [-0.39, 0.29) is 19.0 Å². The van der Waals surface area contributed by atoms with Crippen LogP contribution in [0.15, 0.2) is 72.8 Å². The first kappa shape index (κ1) is 24.0. The van der Waals surface area contributed by atoms with Gasteiger partial charge in [0, 0.05) is 24.0 Å². The summed E-state index contributed by atoms with van der Waals surface area (Å²) in [4.78, 5) is 0. The Morgan fingerprint density at radius 1 is 0.906 bits per heavy atom. The molecule has 0 aliphatic heterocycles. The van der Waals surface area contributed by atoms with Gasteiger partial charge in [-0.05, 0) is 36.6 Å². The van der Waals surface area contributed by atoms with Crippen LogP contribution in [0.3, 0.4) is 0 Å². The lowest BCUT2D eigenvalue weighted by atomic mass is 9.97. The molecule has 168 valence electrons. The summed E-state index contributed by atoms with van der Waals surface area (Å²) in [6.07, 6.45) is -0.575. The molecule has 1 heterocycles. The molecule has 3 aromatic carbocycles. The maximum Gasteiger partial charge on any atom is 0.0843 e. The fraction of sp³-hybridized carbons (Fsp3) is 0.259. The van der Waals surface area contributed by atoms with Gasteiger partial charge in [0.1, 0.15) is 0 Å². The average Bonchev–Trinajstić information content (AvgIpc) is 3.09. The Labute approximate surface area is 195 Å². The zero-order valence-electron chi connectivity index (χ0n) is 18.6. The van der Waals surface area contributed by atoms with Crippen molar-refractivity contribution in [3.05, 3.63) is 83.9 Å². The normalized spacial score (nSPS) is 12.0. The molecule has 1 aromatic heterocycles. The molecule has 0 amide bonds. The van der Waals surface area contributed by atoms with Crippen molar-refractivity contribution in [1.29, 1.82) is 0 Å². The Kier molecular flexibility index (Phi) is 8.10. The van der Waals surface area contributed by atoms with Gasteiger partial charge in [-0.25, -0.2) is 0 Å². The molecule has 0 saturated carbocycles. The van der Waals surface area contributed by atoms with Gasteiger partial charge in [0.25, 0.3) is 0 Å². The number of aliphatic hydroxyl groups excluding tert-OH is 2. The summed E-state index contributed by atoms with van der Waals surface area (Å²) in [6.45, 7) is 5.71. The summed E-state index contributed by atoms with van der Waals surface area (Å²) in [5.41, 5.74) is 8.20.